The summed E-state index contributed by atoms with van der Waals surface area (Å²) >= 11 is 1.41. The minimum atomic E-state index is -0.0855. The van der Waals surface area contributed by atoms with Gasteiger partial charge in [-0.2, -0.15) is 0 Å². The maximum absolute atomic E-state index is 12.4. The largest absolute Gasteiger partial charge is 0.441 e. The summed E-state index contributed by atoms with van der Waals surface area (Å²) in [7, 11) is 0. The van der Waals surface area contributed by atoms with E-state index in [1.54, 1.807) is 12.4 Å². The minimum absolute atomic E-state index is 0.0773. The van der Waals surface area contributed by atoms with E-state index < -0.39 is 0 Å². The lowest BCUT2D eigenvalue weighted by Gasteiger charge is -2.12. The molecule has 0 atom stereocenters. The summed E-state index contributed by atoms with van der Waals surface area (Å²) in [4.78, 5) is 21.9. The normalized spacial score (nSPS) is 12.0. The van der Waals surface area contributed by atoms with Gasteiger partial charge in [-0.05, 0) is 22.4 Å². The van der Waals surface area contributed by atoms with Gasteiger partial charge in [-0.3, -0.25) is 4.79 Å². The summed E-state index contributed by atoms with van der Waals surface area (Å²) in [6, 6.07) is 14.2. The zero-order valence-corrected chi connectivity index (χ0v) is 18.0. The lowest BCUT2D eigenvalue weighted by molar-refractivity contribution is -0.115. The average molecular weight is 418 g/mol. The van der Waals surface area contributed by atoms with Crippen LogP contribution in [0.3, 0.4) is 0 Å². The maximum Gasteiger partial charge on any atom is 0.230 e. The Kier molecular flexibility index (Phi) is 5.50. The zero-order valence-electron chi connectivity index (χ0n) is 17.2. The number of nitrogens with one attached hydrogen (secondary N) is 1. The molecule has 1 amide bonds. The van der Waals surface area contributed by atoms with Crippen LogP contribution in [0.15, 0.2) is 59.3 Å². The second kappa shape index (κ2) is 8.24. The van der Waals surface area contributed by atoms with Crippen molar-refractivity contribution in [3.63, 3.8) is 0 Å². The van der Waals surface area contributed by atoms with Crippen LogP contribution < -0.4 is 5.32 Å². The third-order valence-corrected chi connectivity index (χ3v) is 5.48. The molecule has 0 aliphatic carbocycles. The number of thiazole rings is 1. The van der Waals surface area contributed by atoms with E-state index in [4.69, 9.17) is 4.42 Å². The molecule has 2 aromatic carbocycles. The van der Waals surface area contributed by atoms with Gasteiger partial charge in [0.25, 0.3) is 0 Å². The van der Waals surface area contributed by atoms with Crippen molar-refractivity contribution in [3.05, 3.63) is 76.9 Å². The predicted molar refractivity (Wildman–Crippen MR) is 123 cm³/mol. The number of hydrogen-bond acceptors (Lipinski definition) is 5. The second-order valence-electron chi connectivity index (χ2n) is 8.12. The van der Waals surface area contributed by atoms with Gasteiger partial charge in [0.05, 0.1) is 12.6 Å². The number of rotatable bonds is 5. The lowest BCUT2D eigenvalue weighted by atomic mass is 9.94. The van der Waals surface area contributed by atoms with Crippen LogP contribution in [0.2, 0.25) is 0 Å². The van der Waals surface area contributed by atoms with Crippen molar-refractivity contribution in [1.82, 2.24) is 9.97 Å². The highest BCUT2D eigenvalue weighted by molar-refractivity contribution is 7.16. The van der Waals surface area contributed by atoms with Crippen molar-refractivity contribution in [3.8, 4) is 0 Å². The summed E-state index contributed by atoms with van der Waals surface area (Å²) in [6.45, 7) is 6.24. The number of aromatic nitrogens is 2. The molecular formula is C24H23N3O2S. The summed E-state index contributed by atoms with van der Waals surface area (Å²) in [5.41, 5.74) is 0.896. The fraction of sp³-hybridized carbons (Fsp3) is 0.208. The van der Waals surface area contributed by atoms with E-state index >= 15 is 0 Å². The van der Waals surface area contributed by atoms with Crippen molar-refractivity contribution in [1.29, 1.82) is 0 Å². The molecule has 0 radical (unpaired) electrons. The standard InChI is InChI=1S/C24H23N3O2S/c1-24(2,3)20-15-25-22(29-20)11-10-19-14-26-23(30-19)27-21(28)13-16-8-9-17-6-4-5-7-18(17)12-16/h4-12,14-15H,13H2,1-3H3,(H,26,27,28). The fourth-order valence-corrected chi connectivity index (χ4v) is 3.72. The van der Waals surface area contributed by atoms with Crippen LogP contribution in [0.4, 0.5) is 5.13 Å². The molecule has 0 fully saturated rings. The Balaban J connectivity index is 1.37. The van der Waals surface area contributed by atoms with Gasteiger partial charge in [0.15, 0.2) is 5.13 Å². The van der Waals surface area contributed by atoms with Crippen LogP contribution in [0.1, 0.15) is 42.9 Å². The van der Waals surface area contributed by atoms with Crippen LogP contribution in [0.5, 0.6) is 0 Å². The molecule has 30 heavy (non-hydrogen) atoms. The Bertz CT molecular complexity index is 1210. The van der Waals surface area contributed by atoms with Gasteiger partial charge in [0.2, 0.25) is 11.8 Å². The highest BCUT2D eigenvalue weighted by atomic mass is 32.1. The number of nitrogens with zero attached hydrogens (tertiary/aromatic N) is 2. The van der Waals surface area contributed by atoms with Gasteiger partial charge in [0, 0.05) is 22.6 Å². The smallest absolute Gasteiger partial charge is 0.230 e. The van der Waals surface area contributed by atoms with Crippen molar-refractivity contribution in [2.75, 3.05) is 5.32 Å². The van der Waals surface area contributed by atoms with Crippen LogP contribution in [0, 0.1) is 0 Å². The molecule has 0 unspecified atom stereocenters. The van der Waals surface area contributed by atoms with Gasteiger partial charge in [-0.15, -0.1) is 0 Å². The number of hydrogen-bond donors (Lipinski definition) is 1. The highest BCUT2D eigenvalue weighted by Gasteiger charge is 2.18. The molecule has 1 N–H and O–H groups in total. The summed E-state index contributed by atoms with van der Waals surface area (Å²) in [5, 5.41) is 5.74. The maximum atomic E-state index is 12.4. The molecule has 2 aromatic heterocycles. The number of carbonyl (C=O) groups excluding carboxylic acids is 1. The van der Waals surface area contributed by atoms with Crippen LogP contribution >= 0.6 is 11.3 Å². The molecule has 0 bridgehead atoms. The number of amides is 1. The van der Waals surface area contributed by atoms with Crippen LogP contribution in [-0.2, 0) is 16.6 Å². The Morgan fingerprint density at radius 2 is 1.87 bits per heavy atom. The first kappa shape index (κ1) is 20.0. The third-order valence-electron chi connectivity index (χ3n) is 4.60. The number of fused-ring (bicyclic) bond motifs is 1. The first-order valence-corrected chi connectivity index (χ1v) is 10.6. The second-order valence-corrected chi connectivity index (χ2v) is 9.18. The average Bonchev–Trinajstić information content (AvgIpc) is 3.35. The van der Waals surface area contributed by atoms with Gasteiger partial charge in [-0.25, -0.2) is 9.97 Å². The molecule has 152 valence electrons. The first-order chi connectivity index (χ1) is 14.4. The molecule has 2 heterocycles. The molecule has 0 aliphatic heterocycles. The zero-order chi connectivity index (χ0) is 21.1. The van der Waals surface area contributed by atoms with E-state index in [9.17, 15) is 4.79 Å². The van der Waals surface area contributed by atoms with E-state index in [1.807, 2.05) is 42.5 Å². The topological polar surface area (TPSA) is 68.0 Å². The van der Waals surface area contributed by atoms with Crippen molar-refractivity contribution >= 4 is 45.3 Å². The lowest BCUT2D eigenvalue weighted by Crippen LogP contribution is -2.14. The quantitative estimate of drug-likeness (QED) is 0.437. The van der Waals surface area contributed by atoms with Gasteiger partial charge in [0.1, 0.15) is 5.76 Å². The van der Waals surface area contributed by atoms with Crippen molar-refractivity contribution in [2.24, 2.45) is 0 Å². The van der Waals surface area contributed by atoms with Gasteiger partial charge < -0.3 is 9.73 Å². The van der Waals surface area contributed by atoms with Crippen LogP contribution in [0.25, 0.3) is 22.9 Å². The molecule has 0 spiro atoms. The van der Waals surface area contributed by atoms with E-state index in [0.29, 0.717) is 17.4 Å². The Morgan fingerprint density at radius 3 is 2.63 bits per heavy atom. The molecule has 0 saturated heterocycles. The van der Waals surface area contributed by atoms with Crippen LogP contribution in [-0.4, -0.2) is 15.9 Å². The Hall–Kier alpha value is -3.25. The summed E-state index contributed by atoms with van der Waals surface area (Å²) in [6.07, 6.45) is 7.48. The molecule has 6 heteroatoms. The summed E-state index contributed by atoms with van der Waals surface area (Å²) < 4.78 is 5.75. The number of oxazole rings is 1. The first-order valence-electron chi connectivity index (χ1n) is 9.74. The molecule has 4 aromatic rings. The molecule has 0 aliphatic rings. The minimum Gasteiger partial charge on any atom is -0.441 e. The van der Waals surface area contributed by atoms with Crippen molar-refractivity contribution in [2.45, 2.75) is 32.6 Å². The van der Waals surface area contributed by atoms with Gasteiger partial charge in [-0.1, -0.05) is 74.6 Å². The number of anilines is 1. The summed E-state index contributed by atoms with van der Waals surface area (Å²) in [5.74, 6) is 1.31. The molecular weight excluding hydrogens is 394 g/mol. The van der Waals surface area contributed by atoms with E-state index in [0.717, 1.165) is 21.6 Å². The SMILES string of the molecule is CC(C)(C)c1cnc(C=Cc2cnc(NC(=O)Cc3ccc4ccccc4c3)s2)o1. The third kappa shape index (κ3) is 4.83. The Labute approximate surface area is 179 Å². The number of benzene rings is 2. The van der Waals surface area contributed by atoms with E-state index in [2.05, 4.69) is 48.2 Å². The van der Waals surface area contributed by atoms with Gasteiger partial charge >= 0.3 is 0 Å². The molecule has 4 rings (SSSR count). The molecule has 0 saturated carbocycles. The van der Waals surface area contributed by atoms with E-state index in [-0.39, 0.29) is 11.3 Å². The Morgan fingerprint density at radius 1 is 1.07 bits per heavy atom. The number of carbonyl (C=O) groups is 1. The fourth-order valence-electron chi connectivity index (χ4n) is 2.98. The predicted octanol–water partition coefficient (Wildman–Crippen LogP) is 5.93. The monoisotopic (exact) mass is 417 g/mol. The van der Waals surface area contributed by atoms with Crippen molar-refractivity contribution < 1.29 is 9.21 Å². The molecule has 5 nitrogen and oxygen atoms in total. The highest BCUT2D eigenvalue weighted by Crippen LogP contribution is 2.25. The van der Waals surface area contributed by atoms with E-state index in [1.165, 1.54) is 16.7 Å².